The minimum atomic E-state index is -4.03. The minimum absolute atomic E-state index is 0.159. The third kappa shape index (κ3) is 3.27. The van der Waals surface area contributed by atoms with Crippen LogP contribution in [0.5, 0.6) is 0 Å². The summed E-state index contributed by atoms with van der Waals surface area (Å²) in [6.07, 6.45) is 0. The Hall–Kier alpha value is -1.47. The molecule has 1 aromatic carbocycles. The molecule has 0 heterocycles. The van der Waals surface area contributed by atoms with Crippen molar-refractivity contribution in [1.29, 1.82) is 0 Å². The van der Waals surface area contributed by atoms with Crippen LogP contribution in [0.2, 0.25) is 0 Å². The predicted octanol–water partition coefficient (Wildman–Crippen LogP) is 1.01. The number of sulfonamides is 1. The Morgan fingerprint density at radius 1 is 1.39 bits per heavy atom. The van der Waals surface area contributed by atoms with Gasteiger partial charge in [-0.3, -0.25) is 4.79 Å². The standard InChI is InChI=1S/C11H14FNO4S/c1-3-17-11(14)8-13(2)18(15,16)10-7-5-4-6-9(10)12/h4-7H,3,8H2,1-2H3. The molecule has 0 atom stereocenters. The molecular formula is C11H14FNO4S. The number of carbonyl (C=O) groups is 1. The van der Waals surface area contributed by atoms with E-state index >= 15 is 0 Å². The van der Waals surface area contributed by atoms with Crippen molar-refractivity contribution in [3.63, 3.8) is 0 Å². The first-order valence-electron chi connectivity index (χ1n) is 5.26. The SMILES string of the molecule is CCOC(=O)CN(C)S(=O)(=O)c1ccccc1F. The second kappa shape index (κ2) is 5.92. The molecule has 0 aliphatic heterocycles. The molecule has 0 spiro atoms. The van der Waals surface area contributed by atoms with E-state index in [0.717, 1.165) is 16.4 Å². The lowest BCUT2D eigenvalue weighted by Crippen LogP contribution is -2.33. The van der Waals surface area contributed by atoms with Crippen LogP contribution in [-0.2, 0) is 19.6 Å². The third-order valence-corrected chi connectivity index (χ3v) is 4.02. The summed E-state index contributed by atoms with van der Waals surface area (Å²) >= 11 is 0. The molecule has 0 radical (unpaired) electrons. The highest BCUT2D eigenvalue weighted by Crippen LogP contribution is 2.17. The van der Waals surface area contributed by atoms with Gasteiger partial charge in [-0.15, -0.1) is 0 Å². The molecule has 0 aliphatic carbocycles. The zero-order valence-electron chi connectivity index (χ0n) is 10.1. The Bertz CT molecular complexity index is 530. The van der Waals surface area contributed by atoms with E-state index in [0.29, 0.717) is 0 Å². The number of ether oxygens (including phenoxy) is 1. The molecule has 1 aromatic rings. The molecule has 0 aromatic heterocycles. The first-order valence-corrected chi connectivity index (χ1v) is 6.70. The zero-order valence-corrected chi connectivity index (χ0v) is 10.9. The molecular weight excluding hydrogens is 261 g/mol. The van der Waals surface area contributed by atoms with Crippen molar-refractivity contribution in [2.75, 3.05) is 20.2 Å². The number of hydrogen-bond acceptors (Lipinski definition) is 4. The summed E-state index contributed by atoms with van der Waals surface area (Å²) in [5.41, 5.74) is 0. The van der Waals surface area contributed by atoms with Gasteiger partial charge >= 0.3 is 5.97 Å². The lowest BCUT2D eigenvalue weighted by Gasteiger charge is -2.16. The fourth-order valence-electron chi connectivity index (χ4n) is 1.30. The first kappa shape index (κ1) is 14.6. The van der Waals surface area contributed by atoms with Gasteiger partial charge in [-0.05, 0) is 19.1 Å². The summed E-state index contributed by atoms with van der Waals surface area (Å²) in [4.78, 5) is 10.7. The number of nitrogens with zero attached hydrogens (tertiary/aromatic N) is 1. The molecule has 0 amide bonds. The average Bonchev–Trinajstić information content (AvgIpc) is 2.29. The van der Waals surface area contributed by atoms with Gasteiger partial charge in [0, 0.05) is 7.05 Å². The summed E-state index contributed by atoms with van der Waals surface area (Å²) in [6.45, 7) is 1.32. The number of halogens is 1. The molecule has 18 heavy (non-hydrogen) atoms. The van der Waals surface area contributed by atoms with Gasteiger partial charge in [-0.2, -0.15) is 4.31 Å². The largest absolute Gasteiger partial charge is 0.465 e. The van der Waals surface area contributed by atoms with Crippen molar-refractivity contribution in [2.24, 2.45) is 0 Å². The second-order valence-electron chi connectivity index (χ2n) is 3.50. The van der Waals surface area contributed by atoms with E-state index in [4.69, 9.17) is 0 Å². The van der Waals surface area contributed by atoms with Crippen LogP contribution in [0.15, 0.2) is 29.2 Å². The third-order valence-electron chi connectivity index (χ3n) is 2.18. The number of hydrogen-bond donors (Lipinski definition) is 0. The van der Waals surface area contributed by atoms with Crippen molar-refractivity contribution in [3.8, 4) is 0 Å². The average molecular weight is 275 g/mol. The molecule has 0 saturated carbocycles. The maximum Gasteiger partial charge on any atom is 0.321 e. The second-order valence-corrected chi connectivity index (χ2v) is 5.51. The fraction of sp³-hybridized carbons (Fsp3) is 0.364. The number of rotatable bonds is 5. The normalized spacial score (nSPS) is 11.6. The Labute approximate surface area is 105 Å². The fourth-order valence-corrected chi connectivity index (χ4v) is 2.47. The van der Waals surface area contributed by atoms with E-state index in [-0.39, 0.29) is 6.61 Å². The van der Waals surface area contributed by atoms with Gasteiger partial charge in [0.2, 0.25) is 10.0 Å². The van der Waals surface area contributed by atoms with Crippen molar-refractivity contribution >= 4 is 16.0 Å². The van der Waals surface area contributed by atoms with Crippen LogP contribution >= 0.6 is 0 Å². The van der Waals surface area contributed by atoms with Crippen LogP contribution in [0, 0.1) is 5.82 Å². The van der Waals surface area contributed by atoms with E-state index in [9.17, 15) is 17.6 Å². The van der Waals surface area contributed by atoms with E-state index in [1.807, 2.05) is 0 Å². The van der Waals surface area contributed by atoms with Gasteiger partial charge in [0.25, 0.3) is 0 Å². The molecule has 0 aliphatic rings. The molecule has 0 fully saturated rings. The lowest BCUT2D eigenvalue weighted by atomic mass is 10.4. The molecule has 0 bridgehead atoms. The molecule has 1 rings (SSSR count). The number of carbonyl (C=O) groups excluding carboxylic acids is 1. The van der Waals surface area contributed by atoms with Crippen molar-refractivity contribution in [3.05, 3.63) is 30.1 Å². The monoisotopic (exact) mass is 275 g/mol. The molecule has 0 unspecified atom stereocenters. The Morgan fingerprint density at radius 2 is 2.00 bits per heavy atom. The predicted molar refractivity (Wildman–Crippen MR) is 62.8 cm³/mol. The Balaban J connectivity index is 2.94. The van der Waals surface area contributed by atoms with E-state index < -0.39 is 33.3 Å². The van der Waals surface area contributed by atoms with Crippen LogP contribution in [0.25, 0.3) is 0 Å². The summed E-state index contributed by atoms with van der Waals surface area (Å²) in [5.74, 6) is -1.53. The summed E-state index contributed by atoms with van der Waals surface area (Å²) in [6, 6.07) is 4.99. The van der Waals surface area contributed by atoms with Gasteiger partial charge in [-0.1, -0.05) is 12.1 Å². The highest BCUT2D eigenvalue weighted by atomic mass is 32.2. The van der Waals surface area contributed by atoms with Crippen LogP contribution in [0.3, 0.4) is 0 Å². The van der Waals surface area contributed by atoms with Crippen molar-refractivity contribution < 1.29 is 22.3 Å². The minimum Gasteiger partial charge on any atom is -0.465 e. The quantitative estimate of drug-likeness (QED) is 0.752. The zero-order chi connectivity index (χ0) is 13.8. The molecule has 5 nitrogen and oxygen atoms in total. The van der Waals surface area contributed by atoms with Crippen molar-refractivity contribution in [2.45, 2.75) is 11.8 Å². The maximum absolute atomic E-state index is 13.4. The van der Waals surface area contributed by atoms with Crippen molar-refractivity contribution in [1.82, 2.24) is 4.31 Å². The molecule has 7 heteroatoms. The highest BCUT2D eigenvalue weighted by molar-refractivity contribution is 7.89. The first-order chi connectivity index (χ1) is 8.39. The van der Waals surface area contributed by atoms with E-state index in [1.54, 1.807) is 6.92 Å². The molecule has 0 N–H and O–H groups in total. The van der Waals surface area contributed by atoms with Gasteiger partial charge in [0.15, 0.2) is 0 Å². The number of benzene rings is 1. The topological polar surface area (TPSA) is 63.7 Å². The van der Waals surface area contributed by atoms with Gasteiger partial charge in [-0.25, -0.2) is 12.8 Å². The maximum atomic E-state index is 13.4. The Morgan fingerprint density at radius 3 is 2.56 bits per heavy atom. The molecule has 0 saturated heterocycles. The lowest BCUT2D eigenvalue weighted by molar-refractivity contribution is -0.143. The highest BCUT2D eigenvalue weighted by Gasteiger charge is 2.26. The van der Waals surface area contributed by atoms with Crippen LogP contribution in [-0.4, -0.2) is 38.9 Å². The summed E-state index contributed by atoms with van der Waals surface area (Å²) in [7, 11) is -2.83. The van der Waals surface area contributed by atoms with E-state index in [2.05, 4.69) is 4.74 Å². The van der Waals surface area contributed by atoms with Gasteiger partial charge in [0.1, 0.15) is 17.3 Å². The van der Waals surface area contributed by atoms with Gasteiger partial charge in [0.05, 0.1) is 6.61 Å². The summed E-state index contributed by atoms with van der Waals surface area (Å²) < 4.78 is 42.7. The number of esters is 1. The smallest absolute Gasteiger partial charge is 0.321 e. The van der Waals surface area contributed by atoms with Crippen LogP contribution < -0.4 is 0 Å². The Kier molecular flexibility index (Phi) is 4.80. The van der Waals surface area contributed by atoms with Crippen LogP contribution in [0.1, 0.15) is 6.92 Å². The molecule has 100 valence electrons. The van der Waals surface area contributed by atoms with Crippen LogP contribution in [0.4, 0.5) is 4.39 Å². The van der Waals surface area contributed by atoms with Gasteiger partial charge < -0.3 is 4.74 Å². The number of likely N-dealkylation sites (N-methyl/N-ethyl adjacent to an activating group) is 1. The van der Waals surface area contributed by atoms with E-state index in [1.165, 1.54) is 19.2 Å². The summed E-state index contributed by atoms with van der Waals surface area (Å²) in [5, 5.41) is 0.